The number of thioether (sulfide) groups is 1. The van der Waals surface area contributed by atoms with E-state index >= 15 is 0 Å². The first-order valence-electron chi connectivity index (χ1n) is 5.44. The molecule has 0 aliphatic carbocycles. The fourth-order valence-electron chi connectivity index (χ4n) is 1.47. The lowest BCUT2D eigenvalue weighted by Gasteiger charge is -2.18. The highest BCUT2D eigenvalue weighted by atomic mass is 35.5. The molecule has 6 heteroatoms. The van der Waals surface area contributed by atoms with Crippen molar-refractivity contribution in [3.63, 3.8) is 0 Å². The van der Waals surface area contributed by atoms with Gasteiger partial charge in [0, 0.05) is 10.9 Å². The number of alkyl halides is 3. The molecule has 1 nitrogen and oxygen atoms in total. The molecule has 0 bridgehead atoms. The fraction of sp³-hybridized carbons (Fsp3) is 0.500. The van der Waals surface area contributed by atoms with Crippen LogP contribution in [0.3, 0.4) is 0 Å². The van der Waals surface area contributed by atoms with Crippen LogP contribution in [0, 0.1) is 5.92 Å². The Morgan fingerprint density at radius 1 is 1.22 bits per heavy atom. The third-order valence-corrected chi connectivity index (χ3v) is 3.49. The first kappa shape index (κ1) is 17.6. The number of halogens is 4. The van der Waals surface area contributed by atoms with Gasteiger partial charge in [0.05, 0.1) is 0 Å². The Kier molecular flexibility index (Phi) is 7.10. The van der Waals surface area contributed by atoms with Crippen LogP contribution in [-0.4, -0.2) is 5.51 Å². The Hall–Kier alpha value is -0.390. The van der Waals surface area contributed by atoms with Crippen molar-refractivity contribution in [1.82, 2.24) is 0 Å². The third-order valence-electron chi connectivity index (χ3n) is 2.76. The minimum atomic E-state index is -4.24. The molecule has 1 aromatic carbocycles. The smallest absolute Gasteiger partial charge is 0.324 e. The van der Waals surface area contributed by atoms with Crippen LogP contribution in [0.1, 0.15) is 31.9 Å². The summed E-state index contributed by atoms with van der Waals surface area (Å²) < 4.78 is 36.4. The van der Waals surface area contributed by atoms with Gasteiger partial charge in [-0.2, -0.15) is 13.2 Å². The molecule has 0 spiro atoms. The fourth-order valence-corrected chi connectivity index (χ4v) is 2.01. The predicted molar refractivity (Wildman–Crippen MR) is 72.0 cm³/mol. The van der Waals surface area contributed by atoms with Crippen molar-refractivity contribution >= 4 is 24.2 Å². The van der Waals surface area contributed by atoms with E-state index in [-0.39, 0.29) is 35.1 Å². The molecule has 104 valence electrons. The minimum Gasteiger partial charge on any atom is -0.324 e. The van der Waals surface area contributed by atoms with Crippen molar-refractivity contribution in [2.45, 2.75) is 36.7 Å². The van der Waals surface area contributed by atoms with Crippen molar-refractivity contribution in [1.29, 1.82) is 0 Å². The summed E-state index contributed by atoms with van der Waals surface area (Å²) in [4.78, 5) is 0.192. The number of benzene rings is 1. The second-order valence-electron chi connectivity index (χ2n) is 4.03. The predicted octanol–water partition coefficient (Wildman–Crippen LogP) is 4.77. The van der Waals surface area contributed by atoms with E-state index in [4.69, 9.17) is 5.73 Å². The second-order valence-corrected chi connectivity index (χ2v) is 5.17. The Morgan fingerprint density at radius 2 is 1.72 bits per heavy atom. The minimum absolute atomic E-state index is 0. The summed E-state index contributed by atoms with van der Waals surface area (Å²) in [6, 6.07) is 6.16. The van der Waals surface area contributed by atoms with Crippen LogP contribution < -0.4 is 5.73 Å². The number of nitrogens with two attached hydrogens (primary N) is 1. The van der Waals surface area contributed by atoms with Gasteiger partial charge in [-0.15, -0.1) is 12.4 Å². The summed E-state index contributed by atoms with van der Waals surface area (Å²) in [5.74, 6) is 0.316. The van der Waals surface area contributed by atoms with E-state index in [1.54, 1.807) is 12.1 Å². The van der Waals surface area contributed by atoms with Crippen molar-refractivity contribution in [3.8, 4) is 0 Å². The molecular weight excluding hydrogens is 283 g/mol. The van der Waals surface area contributed by atoms with Gasteiger partial charge < -0.3 is 5.73 Å². The number of hydrogen-bond acceptors (Lipinski definition) is 2. The topological polar surface area (TPSA) is 26.0 Å². The Morgan fingerprint density at radius 3 is 2.11 bits per heavy atom. The van der Waals surface area contributed by atoms with Crippen LogP contribution in [0.2, 0.25) is 0 Å². The van der Waals surface area contributed by atoms with Crippen LogP contribution >= 0.6 is 24.2 Å². The Labute approximate surface area is 116 Å². The number of rotatable bonds is 4. The summed E-state index contributed by atoms with van der Waals surface area (Å²) in [5, 5.41) is 0. The van der Waals surface area contributed by atoms with Crippen molar-refractivity contribution in [2.75, 3.05) is 0 Å². The van der Waals surface area contributed by atoms with Gasteiger partial charge in [0.1, 0.15) is 0 Å². The van der Waals surface area contributed by atoms with Gasteiger partial charge in [0.2, 0.25) is 0 Å². The molecule has 2 N–H and O–H groups in total. The van der Waals surface area contributed by atoms with E-state index in [0.717, 1.165) is 12.0 Å². The lowest BCUT2D eigenvalue weighted by atomic mass is 9.93. The molecule has 0 fully saturated rings. The first-order chi connectivity index (χ1) is 7.83. The molecule has 1 aromatic rings. The van der Waals surface area contributed by atoms with Gasteiger partial charge in [0.25, 0.3) is 0 Å². The van der Waals surface area contributed by atoms with Crippen LogP contribution in [0.4, 0.5) is 13.2 Å². The second kappa shape index (κ2) is 7.26. The third kappa shape index (κ3) is 5.50. The lowest BCUT2D eigenvalue weighted by molar-refractivity contribution is -0.0328. The molecule has 0 saturated carbocycles. The highest BCUT2D eigenvalue weighted by molar-refractivity contribution is 8.00. The maximum Gasteiger partial charge on any atom is 0.446 e. The molecular formula is C12H17ClF3NS. The van der Waals surface area contributed by atoms with Gasteiger partial charge in [-0.1, -0.05) is 32.4 Å². The quantitative estimate of drug-likeness (QED) is 0.811. The molecule has 0 saturated heterocycles. The molecule has 0 aliphatic rings. The summed E-state index contributed by atoms with van der Waals surface area (Å²) in [7, 11) is 0. The van der Waals surface area contributed by atoms with Gasteiger partial charge in [-0.05, 0) is 35.4 Å². The zero-order valence-corrected chi connectivity index (χ0v) is 11.8. The zero-order chi connectivity index (χ0) is 13.1. The molecule has 1 rings (SSSR count). The van der Waals surface area contributed by atoms with Crippen molar-refractivity contribution in [3.05, 3.63) is 29.8 Å². The van der Waals surface area contributed by atoms with E-state index in [1.807, 2.05) is 13.8 Å². The maximum atomic E-state index is 12.1. The van der Waals surface area contributed by atoms with Crippen LogP contribution in [0.25, 0.3) is 0 Å². The standard InChI is InChI=1S/C12H16F3NS.ClH/c1-3-8(2)11(16)9-4-6-10(7-5-9)17-12(13,14)15;/h4-8,11H,3,16H2,1-2H3;1H/t8?,11-;/m0./s1. The average molecular weight is 300 g/mol. The van der Waals surface area contributed by atoms with E-state index < -0.39 is 5.51 Å². The van der Waals surface area contributed by atoms with E-state index in [0.29, 0.717) is 5.92 Å². The summed E-state index contributed by atoms with van der Waals surface area (Å²) in [6.07, 6.45) is 0.945. The Bertz CT molecular complexity index is 353. The van der Waals surface area contributed by atoms with Crippen molar-refractivity contribution in [2.24, 2.45) is 11.7 Å². The lowest BCUT2D eigenvalue weighted by Crippen LogP contribution is -2.18. The molecule has 18 heavy (non-hydrogen) atoms. The molecule has 2 atom stereocenters. The van der Waals surface area contributed by atoms with Gasteiger partial charge in [-0.3, -0.25) is 0 Å². The van der Waals surface area contributed by atoms with Gasteiger partial charge in [-0.25, -0.2) is 0 Å². The summed E-state index contributed by atoms with van der Waals surface area (Å²) in [5.41, 5.74) is 2.64. The maximum absolute atomic E-state index is 12.1. The molecule has 0 heterocycles. The van der Waals surface area contributed by atoms with Gasteiger partial charge in [0.15, 0.2) is 0 Å². The van der Waals surface area contributed by atoms with Crippen LogP contribution in [0.15, 0.2) is 29.2 Å². The molecule has 1 unspecified atom stereocenters. The van der Waals surface area contributed by atoms with Crippen LogP contribution in [-0.2, 0) is 0 Å². The average Bonchev–Trinajstić information content (AvgIpc) is 2.26. The Balaban J connectivity index is 0.00000289. The largest absolute Gasteiger partial charge is 0.446 e. The van der Waals surface area contributed by atoms with Gasteiger partial charge >= 0.3 is 5.51 Å². The summed E-state index contributed by atoms with van der Waals surface area (Å²) >= 11 is -0.106. The molecule has 0 aliphatic heterocycles. The molecule has 0 radical (unpaired) electrons. The van der Waals surface area contributed by atoms with Crippen LogP contribution in [0.5, 0.6) is 0 Å². The van der Waals surface area contributed by atoms with E-state index in [1.165, 1.54) is 12.1 Å². The highest BCUT2D eigenvalue weighted by Crippen LogP contribution is 2.37. The zero-order valence-electron chi connectivity index (χ0n) is 10.2. The van der Waals surface area contributed by atoms with Crippen molar-refractivity contribution < 1.29 is 13.2 Å². The monoisotopic (exact) mass is 299 g/mol. The molecule has 0 aromatic heterocycles. The summed E-state index contributed by atoms with van der Waals surface area (Å²) in [6.45, 7) is 4.07. The van der Waals surface area contributed by atoms with E-state index in [9.17, 15) is 13.2 Å². The normalized spacial score (nSPS) is 14.8. The van der Waals surface area contributed by atoms with E-state index in [2.05, 4.69) is 0 Å². The molecule has 0 amide bonds. The SMILES string of the molecule is CCC(C)[C@H](N)c1ccc(SC(F)(F)F)cc1.Cl. The highest BCUT2D eigenvalue weighted by Gasteiger charge is 2.29. The first-order valence-corrected chi connectivity index (χ1v) is 6.26. The number of hydrogen-bond donors (Lipinski definition) is 1.